The van der Waals surface area contributed by atoms with Crippen molar-refractivity contribution < 1.29 is 17.9 Å². The number of hydrogen-bond acceptors (Lipinski definition) is 5. The molecule has 0 radical (unpaired) electrons. The Morgan fingerprint density at radius 3 is 2.86 bits per heavy atom. The Balaban J connectivity index is 1.84. The van der Waals surface area contributed by atoms with E-state index in [1.54, 1.807) is 4.31 Å². The van der Waals surface area contributed by atoms with E-state index in [9.17, 15) is 8.42 Å². The van der Waals surface area contributed by atoms with Crippen molar-refractivity contribution in [3.05, 3.63) is 17.9 Å². The molecular formula is C14H22N2O4S. The predicted molar refractivity (Wildman–Crippen MR) is 77.2 cm³/mol. The molecule has 6 nitrogen and oxygen atoms in total. The zero-order valence-electron chi connectivity index (χ0n) is 12.2. The Hall–Kier alpha value is -0.890. The third kappa shape index (κ3) is 2.75. The van der Waals surface area contributed by atoms with E-state index in [1.807, 2.05) is 6.92 Å². The van der Waals surface area contributed by atoms with Gasteiger partial charge < -0.3 is 9.52 Å². The van der Waals surface area contributed by atoms with Gasteiger partial charge in [-0.3, -0.25) is 4.90 Å². The molecule has 0 saturated carbocycles. The minimum absolute atomic E-state index is 0.0629. The summed E-state index contributed by atoms with van der Waals surface area (Å²) < 4.78 is 32.3. The number of aliphatic hydroxyl groups excluding tert-OH is 1. The van der Waals surface area contributed by atoms with Crippen molar-refractivity contribution in [1.29, 1.82) is 0 Å². The number of furan rings is 1. The molecule has 2 aliphatic rings. The first kappa shape index (κ1) is 15.0. The van der Waals surface area contributed by atoms with Gasteiger partial charge >= 0.3 is 0 Å². The van der Waals surface area contributed by atoms with Crippen LogP contribution in [0.5, 0.6) is 0 Å². The van der Waals surface area contributed by atoms with Gasteiger partial charge in [0.2, 0.25) is 5.09 Å². The summed E-state index contributed by atoms with van der Waals surface area (Å²) >= 11 is 0. The van der Waals surface area contributed by atoms with Crippen LogP contribution >= 0.6 is 0 Å². The fraction of sp³-hybridized carbons (Fsp3) is 0.714. The van der Waals surface area contributed by atoms with Gasteiger partial charge in [0.25, 0.3) is 10.0 Å². The second-order valence-corrected chi connectivity index (χ2v) is 7.77. The van der Waals surface area contributed by atoms with Crippen LogP contribution in [0.3, 0.4) is 0 Å². The van der Waals surface area contributed by atoms with Crippen LogP contribution in [0.15, 0.2) is 21.6 Å². The molecular weight excluding hydrogens is 292 g/mol. The van der Waals surface area contributed by atoms with Gasteiger partial charge in [-0.2, -0.15) is 4.31 Å². The topological polar surface area (TPSA) is 74.0 Å². The van der Waals surface area contributed by atoms with E-state index in [1.165, 1.54) is 25.0 Å². The Kier molecular flexibility index (Phi) is 4.09. The highest BCUT2D eigenvalue weighted by Gasteiger charge is 2.40. The summed E-state index contributed by atoms with van der Waals surface area (Å²) in [6.07, 6.45) is 3.42. The molecule has 1 aromatic rings. The molecule has 0 amide bonds. The van der Waals surface area contributed by atoms with Crippen LogP contribution < -0.4 is 0 Å². The lowest BCUT2D eigenvalue weighted by molar-refractivity contribution is 0.0556. The van der Waals surface area contributed by atoms with Crippen molar-refractivity contribution >= 4 is 10.0 Å². The average Bonchev–Trinajstić information content (AvgIpc) is 2.96. The number of fused-ring (bicyclic) bond motifs is 1. The van der Waals surface area contributed by atoms with E-state index >= 15 is 0 Å². The zero-order chi connectivity index (χ0) is 15.0. The summed E-state index contributed by atoms with van der Waals surface area (Å²) in [7, 11) is -3.62. The molecule has 1 N–H and O–H groups in total. The lowest BCUT2D eigenvalue weighted by Crippen LogP contribution is -2.59. The van der Waals surface area contributed by atoms with Crippen molar-refractivity contribution in [2.24, 2.45) is 0 Å². The van der Waals surface area contributed by atoms with Crippen LogP contribution in [-0.4, -0.2) is 54.4 Å². The molecule has 118 valence electrons. The van der Waals surface area contributed by atoms with Crippen LogP contribution in [0.2, 0.25) is 0 Å². The zero-order valence-corrected chi connectivity index (χ0v) is 13.1. The summed E-state index contributed by atoms with van der Waals surface area (Å²) in [6, 6.07) is 3.19. The molecule has 3 heterocycles. The van der Waals surface area contributed by atoms with Crippen molar-refractivity contribution in [1.82, 2.24) is 9.21 Å². The van der Waals surface area contributed by atoms with Gasteiger partial charge in [0.1, 0.15) is 12.4 Å². The Morgan fingerprint density at radius 1 is 1.33 bits per heavy atom. The summed E-state index contributed by atoms with van der Waals surface area (Å²) in [4.78, 5) is 2.40. The van der Waals surface area contributed by atoms with E-state index in [0.717, 1.165) is 19.5 Å². The van der Waals surface area contributed by atoms with Crippen LogP contribution in [0.1, 0.15) is 31.9 Å². The number of piperidine rings is 1. The van der Waals surface area contributed by atoms with Gasteiger partial charge in [-0.15, -0.1) is 0 Å². The van der Waals surface area contributed by atoms with E-state index in [0.29, 0.717) is 12.6 Å². The van der Waals surface area contributed by atoms with Gasteiger partial charge in [-0.05, 0) is 38.4 Å². The normalized spacial score (nSPS) is 28.5. The van der Waals surface area contributed by atoms with Gasteiger partial charge in [-0.25, -0.2) is 8.42 Å². The smallest absolute Gasteiger partial charge is 0.276 e. The van der Waals surface area contributed by atoms with Gasteiger partial charge in [0.15, 0.2) is 0 Å². The molecule has 2 atom stereocenters. The van der Waals surface area contributed by atoms with Crippen molar-refractivity contribution in [2.45, 2.75) is 50.0 Å². The Morgan fingerprint density at radius 2 is 2.14 bits per heavy atom. The number of rotatable bonds is 3. The quantitative estimate of drug-likeness (QED) is 0.901. The fourth-order valence-corrected chi connectivity index (χ4v) is 4.95. The average molecular weight is 314 g/mol. The van der Waals surface area contributed by atoms with E-state index in [2.05, 4.69) is 4.90 Å². The molecule has 1 aromatic heterocycles. The Bertz CT molecular complexity index is 598. The number of sulfonamides is 1. The number of nitrogens with zero attached hydrogens (tertiary/aromatic N) is 2. The molecule has 0 aromatic carbocycles. The maximum atomic E-state index is 12.7. The predicted octanol–water partition coefficient (Wildman–Crippen LogP) is 1.02. The van der Waals surface area contributed by atoms with Crippen LogP contribution in [0.25, 0.3) is 0 Å². The molecule has 21 heavy (non-hydrogen) atoms. The summed E-state index contributed by atoms with van der Waals surface area (Å²) in [5.41, 5.74) is 0. The summed E-state index contributed by atoms with van der Waals surface area (Å²) in [5, 5.41) is 8.96. The Labute approximate surface area is 125 Å². The third-order valence-electron chi connectivity index (χ3n) is 4.49. The molecule has 2 fully saturated rings. The maximum Gasteiger partial charge on any atom is 0.276 e. The fourth-order valence-electron chi connectivity index (χ4n) is 3.36. The van der Waals surface area contributed by atoms with Gasteiger partial charge in [-0.1, -0.05) is 6.42 Å². The SMILES string of the molecule is CC1CN2CCCCC2CN1S(=O)(=O)c1ccc(CO)o1. The number of aliphatic hydroxyl groups is 1. The van der Waals surface area contributed by atoms with Crippen molar-refractivity contribution in [2.75, 3.05) is 19.6 Å². The van der Waals surface area contributed by atoms with Crippen LogP contribution in [0, 0.1) is 0 Å². The van der Waals surface area contributed by atoms with Crippen molar-refractivity contribution in [3.63, 3.8) is 0 Å². The molecule has 3 rings (SSSR count). The minimum Gasteiger partial charge on any atom is -0.446 e. The van der Waals surface area contributed by atoms with Crippen LogP contribution in [-0.2, 0) is 16.6 Å². The maximum absolute atomic E-state index is 12.7. The molecule has 2 unspecified atom stereocenters. The van der Waals surface area contributed by atoms with Crippen LogP contribution in [0.4, 0.5) is 0 Å². The number of piperazine rings is 1. The molecule has 0 aliphatic carbocycles. The standard InChI is InChI=1S/C14H22N2O4S/c1-11-8-15-7-3-2-4-12(15)9-16(11)21(18,19)14-6-5-13(10-17)20-14/h5-6,11-12,17H,2-4,7-10H2,1H3. The second kappa shape index (κ2) is 5.72. The minimum atomic E-state index is -3.62. The summed E-state index contributed by atoms with van der Waals surface area (Å²) in [6.45, 7) is 4.02. The molecule has 0 spiro atoms. The molecule has 2 saturated heterocycles. The largest absolute Gasteiger partial charge is 0.446 e. The van der Waals surface area contributed by atoms with E-state index in [4.69, 9.17) is 9.52 Å². The summed E-state index contributed by atoms with van der Waals surface area (Å²) in [5.74, 6) is 0.275. The third-order valence-corrected chi connectivity index (χ3v) is 6.34. The van der Waals surface area contributed by atoms with Crippen molar-refractivity contribution in [3.8, 4) is 0 Å². The highest BCUT2D eigenvalue weighted by atomic mass is 32.2. The first-order valence-corrected chi connectivity index (χ1v) is 8.92. The molecule has 2 aliphatic heterocycles. The monoisotopic (exact) mass is 314 g/mol. The first-order valence-electron chi connectivity index (χ1n) is 7.48. The highest BCUT2D eigenvalue weighted by Crippen LogP contribution is 2.29. The molecule has 0 bridgehead atoms. The van der Waals surface area contributed by atoms with Gasteiger partial charge in [0, 0.05) is 25.2 Å². The van der Waals surface area contributed by atoms with E-state index in [-0.39, 0.29) is 23.5 Å². The lowest BCUT2D eigenvalue weighted by Gasteiger charge is -2.46. The molecule has 7 heteroatoms. The van der Waals surface area contributed by atoms with E-state index < -0.39 is 10.0 Å². The second-order valence-electron chi connectivity index (χ2n) is 5.95. The highest BCUT2D eigenvalue weighted by molar-refractivity contribution is 7.89. The number of hydrogen-bond donors (Lipinski definition) is 1. The lowest BCUT2D eigenvalue weighted by atomic mass is 9.99. The first-order chi connectivity index (χ1) is 10.0. The van der Waals surface area contributed by atoms with Gasteiger partial charge in [0.05, 0.1) is 0 Å².